The van der Waals surface area contributed by atoms with Crippen LogP contribution < -0.4 is 5.32 Å². The lowest BCUT2D eigenvalue weighted by molar-refractivity contribution is -0.143. The second-order valence-electron chi connectivity index (χ2n) is 21.4. The minimum atomic E-state index is -0.684. The summed E-state index contributed by atoms with van der Waals surface area (Å²) in [5, 5.41) is 23.4. The highest BCUT2D eigenvalue weighted by molar-refractivity contribution is 5.76. The van der Waals surface area contributed by atoms with Gasteiger partial charge in [-0.1, -0.05) is 275 Å². The average Bonchev–Trinajstić information content (AvgIpc) is 3.36. The van der Waals surface area contributed by atoms with Crippen molar-refractivity contribution in [2.45, 2.75) is 347 Å². The number of unbranched alkanes of at least 4 members (excludes halogenated alkanes) is 41. The molecular weight excluding hydrogens is 863 g/mol. The van der Waals surface area contributed by atoms with E-state index in [1.807, 2.05) is 0 Å². The van der Waals surface area contributed by atoms with E-state index in [0.29, 0.717) is 25.9 Å². The van der Waals surface area contributed by atoms with Crippen molar-refractivity contribution in [2.24, 2.45) is 0 Å². The second-order valence-corrected chi connectivity index (χ2v) is 21.4. The SMILES string of the molecule is CCCCC/C=C\C/C=C\CCCCCCCCCC(=O)OCCCCCCCC/C=C\CCCCCC(=O)NC(CO)C(O)CCCCCCCCCCCCCCCCCCCCCCCCC. The van der Waals surface area contributed by atoms with Gasteiger partial charge in [0.2, 0.25) is 5.91 Å². The fraction of sp³-hybridized carbons (Fsp3) is 0.875. The van der Waals surface area contributed by atoms with Crippen LogP contribution in [0, 0.1) is 0 Å². The van der Waals surface area contributed by atoms with Gasteiger partial charge in [-0.25, -0.2) is 0 Å². The fourth-order valence-electron chi connectivity index (χ4n) is 9.61. The number of aliphatic hydroxyl groups is 2. The van der Waals surface area contributed by atoms with Gasteiger partial charge in [-0.05, 0) is 83.5 Å². The molecule has 0 bridgehead atoms. The summed E-state index contributed by atoms with van der Waals surface area (Å²) in [4.78, 5) is 24.6. The first kappa shape index (κ1) is 68.1. The van der Waals surface area contributed by atoms with Gasteiger partial charge >= 0.3 is 5.97 Å². The Labute approximate surface area is 436 Å². The fourth-order valence-corrected chi connectivity index (χ4v) is 9.61. The van der Waals surface area contributed by atoms with E-state index in [-0.39, 0.29) is 18.5 Å². The summed E-state index contributed by atoms with van der Waals surface area (Å²) in [5.74, 6) is -0.0822. The molecule has 6 heteroatoms. The molecule has 3 N–H and O–H groups in total. The maximum Gasteiger partial charge on any atom is 0.305 e. The normalized spacial score (nSPS) is 12.8. The molecule has 0 fully saturated rings. The molecule has 0 aromatic rings. The Morgan fingerprint density at radius 1 is 0.400 bits per heavy atom. The number of aliphatic hydroxyl groups excluding tert-OH is 2. The lowest BCUT2D eigenvalue weighted by atomic mass is 10.0. The van der Waals surface area contributed by atoms with Gasteiger partial charge in [0.25, 0.3) is 0 Å². The molecule has 0 saturated heterocycles. The highest BCUT2D eigenvalue weighted by Gasteiger charge is 2.20. The van der Waals surface area contributed by atoms with Crippen molar-refractivity contribution in [2.75, 3.05) is 13.2 Å². The standard InChI is InChI=1S/C64H121NO5/c1-3-5-7-9-11-13-15-17-19-21-22-23-24-25-26-28-29-32-36-40-44-48-52-56-62(67)61(60-66)65-63(68)57-53-49-45-41-37-33-31-35-39-43-47-51-55-59-70-64(69)58-54-50-46-42-38-34-30-27-20-18-16-14-12-10-8-6-4-2/h12,14,18,20,33,37,61-62,66-67H,3-11,13,15-17,19,21-32,34-36,38-60H2,1-2H3,(H,65,68)/b14-12-,20-18-,37-33-. The first-order chi connectivity index (χ1) is 34.5. The zero-order chi connectivity index (χ0) is 50.7. The van der Waals surface area contributed by atoms with Crippen LogP contribution in [-0.2, 0) is 14.3 Å². The third kappa shape index (κ3) is 55.4. The molecular formula is C64H121NO5. The quantitative estimate of drug-likeness (QED) is 0.0321. The van der Waals surface area contributed by atoms with Gasteiger partial charge < -0.3 is 20.3 Å². The lowest BCUT2D eigenvalue weighted by Crippen LogP contribution is -2.45. The Bertz CT molecular complexity index is 1130. The molecule has 0 rings (SSSR count). The summed E-state index contributed by atoms with van der Waals surface area (Å²) in [7, 11) is 0. The number of hydrogen-bond acceptors (Lipinski definition) is 5. The predicted octanol–water partition coefficient (Wildman–Crippen LogP) is 19.6. The lowest BCUT2D eigenvalue weighted by Gasteiger charge is -2.22. The topological polar surface area (TPSA) is 95.9 Å². The molecule has 0 radical (unpaired) electrons. The maximum absolute atomic E-state index is 12.5. The molecule has 0 aliphatic heterocycles. The van der Waals surface area contributed by atoms with Gasteiger partial charge in [-0.2, -0.15) is 0 Å². The highest BCUT2D eigenvalue weighted by atomic mass is 16.5. The summed E-state index contributed by atoms with van der Waals surface area (Å²) in [6.45, 7) is 4.90. The van der Waals surface area contributed by atoms with Crippen molar-refractivity contribution in [3.63, 3.8) is 0 Å². The van der Waals surface area contributed by atoms with Crippen LogP contribution >= 0.6 is 0 Å². The van der Waals surface area contributed by atoms with Crippen LogP contribution in [0.5, 0.6) is 0 Å². The Morgan fingerprint density at radius 2 is 0.714 bits per heavy atom. The summed E-state index contributed by atoms with van der Waals surface area (Å²) < 4.78 is 5.47. The van der Waals surface area contributed by atoms with Gasteiger partial charge in [0, 0.05) is 12.8 Å². The minimum Gasteiger partial charge on any atom is -0.466 e. The van der Waals surface area contributed by atoms with E-state index in [1.54, 1.807) is 0 Å². The van der Waals surface area contributed by atoms with Crippen molar-refractivity contribution in [1.82, 2.24) is 5.32 Å². The van der Waals surface area contributed by atoms with Gasteiger partial charge in [-0.3, -0.25) is 9.59 Å². The number of rotatable bonds is 58. The number of ether oxygens (including phenoxy) is 1. The summed E-state index contributed by atoms with van der Waals surface area (Å²) in [6.07, 6.45) is 74.3. The van der Waals surface area contributed by atoms with E-state index in [2.05, 4.69) is 55.6 Å². The summed E-state index contributed by atoms with van der Waals surface area (Å²) >= 11 is 0. The molecule has 6 nitrogen and oxygen atoms in total. The number of carbonyl (C=O) groups excluding carboxylic acids is 2. The maximum atomic E-state index is 12.5. The van der Waals surface area contributed by atoms with E-state index in [1.165, 1.54) is 225 Å². The smallest absolute Gasteiger partial charge is 0.305 e. The first-order valence-corrected chi connectivity index (χ1v) is 31.2. The molecule has 0 aromatic carbocycles. The van der Waals surface area contributed by atoms with Crippen molar-refractivity contribution in [1.29, 1.82) is 0 Å². The van der Waals surface area contributed by atoms with E-state index >= 15 is 0 Å². The molecule has 0 aliphatic rings. The largest absolute Gasteiger partial charge is 0.466 e. The molecule has 70 heavy (non-hydrogen) atoms. The number of carbonyl (C=O) groups is 2. The van der Waals surface area contributed by atoms with Crippen LogP contribution in [-0.4, -0.2) is 47.4 Å². The summed E-state index contributed by atoms with van der Waals surface area (Å²) in [5.41, 5.74) is 0. The molecule has 2 atom stereocenters. The zero-order valence-corrected chi connectivity index (χ0v) is 47.0. The van der Waals surface area contributed by atoms with Crippen LogP contribution in [0.2, 0.25) is 0 Å². The predicted molar refractivity (Wildman–Crippen MR) is 306 cm³/mol. The molecule has 0 aromatic heterocycles. The van der Waals surface area contributed by atoms with Gasteiger partial charge in [-0.15, -0.1) is 0 Å². The van der Waals surface area contributed by atoms with Gasteiger partial charge in [0.15, 0.2) is 0 Å². The Morgan fingerprint density at radius 3 is 1.14 bits per heavy atom. The molecule has 1 amide bonds. The van der Waals surface area contributed by atoms with E-state index < -0.39 is 12.1 Å². The van der Waals surface area contributed by atoms with Crippen molar-refractivity contribution >= 4 is 11.9 Å². The van der Waals surface area contributed by atoms with E-state index in [0.717, 1.165) is 77.0 Å². The first-order valence-electron chi connectivity index (χ1n) is 31.2. The molecule has 0 spiro atoms. The Kier molecular flexibility index (Phi) is 58.0. The number of nitrogens with one attached hydrogen (secondary N) is 1. The van der Waals surface area contributed by atoms with Crippen molar-refractivity contribution < 1.29 is 24.5 Å². The molecule has 0 saturated carbocycles. The third-order valence-electron chi connectivity index (χ3n) is 14.4. The Balaban J connectivity index is 3.48. The monoisotopic (exact) mass is 984 g/mol. The zero-order valence-electron chi connectivity index (χ0n) is 47.0. The molecule has 2 unspecified atom stereocenters. The molecule has 0 aliphatic carbocycles. The van der Waals surface area contributed by atoms with Crippen molar-refractivity contribution in [3.05, 3.63) is 36.5 Å². The van der Waals surface area contributed by atoms with Crippen molar-refractivity contribution in [3.8, 4) is 0 Å². The molecule has 0 heterocycles. The van der Waals surface area contributed by atoms with Crippen LogP contribution in [0.25, 0.3) is 0 Å². The Hall–Kier alpha value is -1.92. The van der Waals surface area contributed by atoms with E-state index in [4.69, 9.17) is 4.74 Å². The summed E-state index contributed by atoms with van der Waals surface area (Å²) in [6, 6.07) is -0.564. The van der Waals surface area contributed by atoms with Crippen LogP contribution in [0.4, 0.5) is 0 Å². The second kappa shape index (κ2) is 59.6. The van der Waals surface area contributed by atoms with Gasteiger partial charge in [0.05, 0.1) is 25.4 Å². The third-order valence-corrected chi connectivity index (χ3v) is 14.4. The number of allylic oxidation sites excluding steroid dienone is 6. The van der Waals surface area contributed by atoms with Crippen LogP contribution in [0.1, 0.15) is 335 Å². The number of amides is 1. The average molecular weight is 985 g/mol. The molecule has 412 valence electrons. The minimum absolute atomic E-state index is 0.0197. The van der Waals surface area contributed by atoms with Crippen LogP contribution in [0.3, 0.4) is 0 Å². The van der Waals surface area contributed by atoms with E-state index in [9.17, 15) is 19.8 Å². The van der Waals surface area contributed by atoms with Crippen LogP contribution in [0.15, 0.2) is 36.5 Å². The number of hydrogen-bond donors (Lipinski definition) is 3. The highest BCUT2D eigenvalue weighted by Crippen LogP contribution is 2.18. The number of esters is 1. The van der Waals surface area contributed by atoms with Gasteiger partial charge in [0.1, 0.15) is 0 Å².